The second-order valence-corrected chi connectivity index (χ2v) is 8.16. The van der Waals surface area contributed by atoms with E-state index >= 15 is 0 Å². The normalized spacial score (nSPS) is 18.0. The highest BCUT2D eigenvalue weighted by Crippen LogP contribution is 2.39. The molecule has 6 heteroatoms. The Hall–Kier alpha value is -2.63. The van der Waals surface area contributed by atoms with Gasteiger partial charge in [-0.2, -0.15) is 0 Å². The van der Waals surface area contributed by atoms with Crippen LogP contribution >= 0.6 is 11.6 Å². The molecule has 29 heavy (non-hydrogen) atoms. The number of amides is 1. The summed E-state index contributed by atoms with van der Waals surface area (Å²) in [5.41, 5.74) is 5.11. The van der Waals surface area contributed by atoms with Gasteiger partial charge in [-0.25, -0.2) is 4.99 Å². The maximum absolute atomic E-state index is 12.5. The smallest absolute Gasteiger partial charge is 0.274 e. The summed E-state index contributed by atoms with van der Waals surface area (Å²) in [5.74, 6) is 0.0196. The number of rotatable bonds is 5. The Labute approximate surface area is 175 Å². The van der Waals surface area contributed by atoms with Crippen LogP contribution in [0.2, 0.25) is 5.02 Å². The summed E-state index contributed by atoms with van der Waals surface area (Å²) in [4.78, 5) is 19.2. The lowest BCUT2D eigenvalue weighted by Crippen LogP contribution is -2.48. The topological polar surface area (TPSA) is 64.9 Å². The van der Waals surface area contributed by atoms with Crippen molar-refractivity contribution in [3.63, 3.8) is 0 Å². The standard InChI is InChI=1S/C23H24ClN3O2/c1-14(2)16-8-9-19-18(12-16)25-22-20(13-21(28)26-23(22)29)27(19)10-4-6-15-5-3-7-17(24)11-15/h3,5,7-9,11-14,21,28H,4,6,10H2,1-2H3,(H,26,29). The number of hydrogen-bond donors (Lipinski definition) is 2. The molecule has 150 valence electrons. The molecule has 0 aliphatic carbocycles. The first-order valence-electron chi connectivity index (χ1n) is 9.88. The van der Waals surface area contributed by atoms with Crippen molar-refractivity contribution >= 4 is 34.6 Å². The highest BCUT2D eigenvalue weighted by atomic mass is 35.5. The van der Waals surface area contributed by atoms with Gasteiger partial charge in [0.15, 0.2) is 5.71 Å². The molecule has 4 rings (SSSR count). The van der Waals surface area contributed by atoms with E-state index < -0.39 is 6.23 Å². The van der Waals surface area contributed by atoms with Gasteiger partial charge in [-0.05, 0) is 60.2 Å². The monoisotopic (exact) mass is 409 g/mol. The molecule has 5 nitrogen and oxygen atoms in total. The Morgan fingerprint density at radius 3 is 2.83 bits per heavy atom. The van der Waals surface area contributed by atoms with Crippen molar-refractivity contribution in [2.24, 2.45) is 4.99 Å². The van der Waals surface area contributed by atoms with Crippen molar-refractivity contribution < 1.29 is 9.90 Å². The minimum atomic E-state index is -1.01. The zero-order valence-electron chi connectivity index (χ0n) is 16.5. The summed E-state index contributed by atoms with van der Waals surface area (Å²) in [5, 5.41) is 13.3. The van der Waals surface area contributed by atoms with E-state index in [1.165, 1.54) is 11.1 Å². The average molecular weight is 410 g/mol. The van der Waals surface area contributed by atoms with Gasteiger partial charge >= 0.3 is 0 Å². The molecule has 1 amide bonds. The number of carbonyl (C=O) groups is 1. The van der Waals surface area contributed by atoms with Gasteiger partial charge in [0.05, 0.1) is 17.1 Å². The van der Waals surface area contributed by atoms with Gasteiger partial charge in [-0.15, -0.1) is 0 Å². The Morgan fingerprint density at radius 2 is 2.07 bits per heavy atom. The number of hydrogen-bond acceptors (Lipinski definition) is 4. The maximum Gasteiger partial charge on any atom is 0.274 e. The SMILES string of the molecule is CC(C)c1ccc2c(c1)N=C1C(=O)NC(O)C=C1N2CCCc1cccc(Cl)c1. The molecule has 2 aliphatic heterocycles. The number of aryl methyl sites for hydroxylation is 1. The average Bonchev–Trinajstić information content (AvgIpc) is 2.67. The van der Waals surface area contributed by atoms with E-state index in [0.29, 0.717) is 23.9 Å². The van der Waals surface area contributed by atoms with Crippen molar-refractivity contribution in [1.82, 2.24) is 5.32 Å². The summed E-state index contributed by atoms with van der Waals surface area (Å²) in [6.07, 6.45) is 2.38. The van der Waals surface area contributed by atoms with E-state index in [1.54, 1.807) is 6.08 Å². The van der Waals surface area contributed by atoms with Crippen LogP contribution in [-0.4, -0.2) is 29.5 Å². The zero-order chi connectivity index (χ0) is 20.5. The van der Waals surface area contributed by atoms with E-state index in [2.05, 4.69) is 47.3 Å². The van der Waals surface area contributed by atoms with Crippen LogP contribution in [0.1, 0.15) is 37.3 Å². The molecular formula is C23H24ClN3O2. The zero-order valence-corrected chi connectivity index (χ0v) is 17.3. The quantitative estimate of drug-likeness (QED) is 0.772. The second-order valence-electron chi connectivity index (χ2n) is 7.72. The molecule has 2 heterocycles. The minimum absolute atomic E-state index is 0.351. The predicted molar refractivity (Wildman–Crippen MR) is 117 cm³/mol. The van der Waals surface area contributed by atoms with Gasteiger partial charge in [-0.1, -0.05) is 43.6 Å². The second kappa shape index (κ2) is 8.01. The third-order valence-corrected chi connectivity index (χ3v) is 5.50. The highest BCUT2D eigenvalue weighted by Gasteiger charge is 2.33. The molecule has 0 aromatic heterocycles. The number of halogens is 1. The first-order chi connectivity index (χ1) is 13.9. The number of nitrogens with zero attached hydrogens (tertiary/aromatic N) is 2. The molecule has 0 radical (unpaired) electrons. The van der Waals surface area contributed by atoms with Crippen LogP contribution in [0, 0.1) is 0 Å². The van der Waals surface area contributed by atoms with Crippen molar-refractivity contribution in [3.05, 3.63) is 70.4 Å². The molecule has 2 aromatic carbocycles. The van der Waals surface area contributed by atoms with Crippen LogP contribution in [0.15, 0.2) is 59.2 Å². The molecular weight excluding hydrogens is 386 g/mol. The fourth-order valence-electron chi connectivity index (χ4n) is 3.76. The molecule has 1 atom stereocenters. The van der Waals surface area contributed by atoms with Crippen LogP contribution in [0.25, 0.3) is 0 Å². The van der Waals surface area contributed by atoms with Crippen LogP contribution in [0.3, 0.4) is 0 Å². The van der Waals surface area contributed by atoms with E-state index in [9.17, 15) is 9.90 Å². The minimum Gasteiger partial charge on any atom is -0.370 e. The molecule has 2 aliphatic rings. The number of aliphatic hydroxyl groups is 1. The number of anilines is 1. The van der Waals surface area contributed by atoms with E-state index in [4.69, 9.17) is 11.6 Å². The van der Waals surface area contributed by atoms with Gasteiger partial charge in [0, 0.05) is 11.6 Å². The molecule has 2 N–H and O–H groups in total. The van der Waals surface area contributed by atoms with E-state index in [0.717, 1.165) is 29.2 Å². The Kier molecular flexibility index (Phi) is 5.43. The molecule has 0 fully saturated rings. The summed E-state index contributed by atoms with van der Waals surface area (Å²) in [6, 6.07) is 14.1. The molecule has 0 spiro atoms. The molecule has 2 aromatic rings. The van der Waals surface area contributed by atoms with E-state index in [-0.39, 0.29) is 5.91 Å². The lowest BCUT2D eigenvalue weighted by atomic mass is 9.99. The van der Waals surface area contributed by atoms with Gasteiger partial charge in [0.1, 0.15) is 6.23 Å². The first-order valence-corrected chi connectivity index (χ1v) is 10.3. The Bertz CT molecular complexity index is 1010. The summed E-state index contributed by atoms with van der Waals surface area (Å²) < 4.78 is 0. The van der Waals surface area contributed by atoms with Crippen molar-refractivity contribution in [2.45, 2.75) is 38.8 Å². The lowest BCUT2D eigenvalue weighted by Gasteiger charge is -2.35. The predicted octanol–water partition coefficient (Wildman–Crippen LogP) is 4.32. The largest absolute Gasteiger partial charge is 0.370 e. The van der Waals surface area contributed by atoms with Gasteiger partial charge in [-0.3, -0.25) is 4.79 Å². The number of fused-ring (bicyclic) bond motifs is 2. The Balaban J connectivity index is 1.65. The molecule has 0 bridgehead atoms. The highest BCUT2D eigenvalue weighted by molar-refractivity contribution is 6.47. The number of benzene rings is 2. The van der Waals surface area contributed by atoms with Crippen molar-refractivity contribution in [2.75, 3.05) is 11.4 Å². The molecule has 0 saturated heterocycles. The van der Waals surface area contributed by atoms with Crippen molar-refractivity contribution in [3.8, 4) is 0 Å². The maximum atomic E-state index is 12.5. The lowest BCUT2D eigenvalue weighted by molar-refractivity contribution is -0.117. The first kappa shape index (κ1) is 19.7. The van der Waals surface area contributed by atoms with Crippen LogP contribution in [-0.2, 0) is 11.2 Å². The van der Waals surface area contributed by atoms with Crippen LogP contribution < -0.4 is 10.2 Å². The summed E-state index contributed by atoms with van der Waals surface area (Å²) in [7, 11) is 0. The molecule has 1 unspecified atom stereocenters. The van der Waals surface area contributed by atoms with Gasteiger partial charge in [0.2, 0.25) is 0 Å². The number of nitrogens with one attached hydrogen (secondary N) is 1. The third-order valence-electron chi connectivity index (χ3n) is 5.27. The fraction of sp³-hybridized carbons (Fsp3) is 0.304. The summed E-state index contributed by atoms with van der Waals surface area (Å²) in [6.45, 7) is 4.97. The third kappa shape index (κ3) is 4.07. The van der Waals surface area contributed by atoms with Crippen LogP contribution in [0.5, 0.6) is 0 Å². The van der Waals surface area contributed by atoms with Crippen molar-refractivity contribution in [1.29, 1.82) is 0 Å². The number of aliphatic hydroxyl groups excluding tert-OH is 1. The Morgan fingerprint density at radius 1 is 1.24 bits per heavy atom. The van der Waals surface area contributed by atoms with Gasteiger partial charge < -0.3 is 15.3 Å². The molecule has 0 saturated carbocycles. The van der Waals surface area contributed by atoms with Crippen LogP contribution in [0.4, 0.5) is 11.4 Å². The number of carbonyl (C=O) groups excluding carboxylic acids is 1. The van der Waals surface area contributed by atoms with Gasteiger partial charge in [0.25, 0.3) is 5.91 Å². The fourth-order valence-corrected chi connectivity index (χ4v) is 3.97. The van der Waals surface area contributed by atoms with E-state index in [1.807, 2.05) is 24.3 Å². The summed E-state index contributed by atoms with van der Waals surface area (Å²) >= 11 is 6.10. The number of aliphatic imine (C=N–C) groups is 1.